The molecule has 5 rings (SSSR count). The van der Waals surface area contributed by atoms with E-state index >= 15 is 0 Å². The van der Waals surface area contributed by atoms with Gasteiger partial charge in [0, 0.05) is 64.6 Å². The Morgan fingerprint density at radius 3 is 2.70 bits per heavy atom. The number of aromatic nitrogens is 2. The highest BCUT2D eigenvalue weighted by Crippen LogP contribution is 2.35. The summed E-state index contributed by atoms with van der Waals surface area (Å²) in [6.45, 7) is 5.21. The highest BCUT2D eigenvalue weighted by molar-refractivity contribution is 7.89. The summed E-state index contributed by atoms with van der Waals surface area (Å²) >= 11 is 0. The molecule has 0 bridgehead atoms. The normalized spacial score (nSPS) is 27.6. The van der Waals surface area contributed by atoms with Gasteiger partial charge in [0.1, 0.15) is 16.7 Å². The number of rotatable bonds is 3. The van der Waals surface area contributed by atoms with E-state index in [4.69, 9.17) is 4.74 Å². The molecule has 11 nitrogen and oxygen atoms in total. The Morgan fingerprint density at radius 2 is 2.00 bits per heavy atom. The Labute approximate surface area is 217 Å². The lowest BCUT2D eigenvalue weighted by Gasteiger charge is -2.32. The second-order valence-corrected chi connectivity index (χ2v) is 12.2. The number of benzene rings is 1. The summed E-state index contributed by atoms with van der Waals surface area (Å²) in [5, 5.41) is 10.6. The summed E-state index contributed by atoms with van der Waals surface area (Å²) in [6.07, 6.45) is 3.95. The molecule has 2 aromatic rings. The molecule has 12 heteroatoms. The van der Waals surface area contributed by atoms with Crippen molar-refractivity contribution in [3.63, 3.8) is 0 Å². The standard InChI is InChI=1S/C25H36N6O5S/c1-17(32)31-7-5-18(6-8-31)19-3-4-25-23(9-19)36-24-15-30(12-20-10-26-16-27-20)14-22(24)29(2)13-21(33)11-28-37(25,34)35/h3-4,9-10,16,18,21-22,24,28,33H,5-8,11-15H2,1-2H3,(H,26,27)/t21-,22+,24-/m0/s1. The molecule has 202 valence electrons. The zero-order valence-corrected chi connectivity index (χ0v) is 22.2. The third-order valence-corrected chi connectivity index (χ3v) is 9.25. The van der Waals surface area contributed by atoms with E-state index in [-0.39, 0.29) is 35.4 Å². The maximum absolute atomic E-state index is 13.2. The van der Waals surface area contributed by atoms with Crippen LogP contribution in [0.2, 0.25) is 0 Å². The molecule has 2 saturated heterocycles. The first-order valence-corrected chi connectivity index (χ1v) is 14.3. The van der Waals surface area contributed by atoms with E-state index in [0.29, 0.717) is 45.0 Å². The number of aliphatic hydroxyl groups excluding tert-OH is 1. The molecular formula is C25H36N6O5S. The minimum atomic E-state index is -3.89. The fourth-order valence-corrected chi connectivity index (χ4v) is 6.90. The number of amides is 1. The maximum Gasteiger partial charge on any atom is 0.244 e. The number of hydrogen-bond acceptors (Lipinski definition) is 8. The first-order chi connectivity index (χ1) is 17.7. The Hall–Kier alpha value is -2.51. The summed E-state index contributed by atoms with van der Waals surface area (Å²) in [7, 11) is -1.95. The van der Waals surface area contributed by atoms with Crippen molar-refractivity contribution < 1.29 is 23.1 Å². The number of fused-ring (bicyclic) bond motifs is 2. The number of nitrogens with one attached hydrogen (secondary N) is 2. The fraction of sp³-hybridized carbons (Fsp3) is 0.600. The third kappa shape index (κ3) is 5.83. The number of likely N-dealkylation sites (N-methyl/N-ethyl adjacent to an activating group) is 1. The average Bonchev–Trinajstić information content (AvgIpc) is 3.52. The summed E-state index contributed by atoms with van der Waals surface area (Å²) in [6, 6.07) is 5.30. The van der Waals surface area contributed by atoms with Gasteiger partial charge in [-0.05, 0) is 43.5 Å². The van der Waals surface area contributed by atoms with Gasteiger partial charge in [0.05, 0.1) is 18.5 Å². The number of sulfonamides is 1. The highest BCUT2D eigenvalue weighted by atomic mass is 32.2. The molecule has 3 N–H and O–H groups in total. The number of nitrogens with zero attached hydrogens (tertiary/aromatic N) is 4. The molecule has 2 fully saturated rings. The molecule has 4 heterocycles. The average molecular weight is 533 g/mol. The molecule has 3 aliphatic heterocycles. The van der Waals surface area contributed by atoms with Gasteiger partial charge in [-0.15, -0.1) is 0 Å². The van der Waals surface area contributed by atoms with Crippen molar-refractivity contribution in [1.82, 2.24) is 29.4 Å². The van der Waals surface area contributed by atoms with Crippen molar-refractivity contribution in [2.24, 2.45) is 0 Å². The molecule has 37 heavy (non-hydrogen) atoms. The number of carbonyl (C=O) groups is 1. The van der Waals surface area contributed by atoms with Crippen molar-refractivity contribution in [3.05, 3.63) is 42.0 Å². The molecule has 0 radical (unpaired) electrons. The third-order valence-electron chi connectivity index (χ3n) is 7.78. The van der Waals surface area contributed by atoms with Gasteiger partial charge >= 0.3 is 0 Å². The minimum Gasteiger partial charge on any atom is -0.486 e. The SMILES string of the molecule is CC(=O)N1CCC(c2ccc3c(c2)O[C@H]2CN(Cc4cnc[nH]4)C[C@H]2N(C)C[C@@H](O)CNS3(=O)=O)CC1. The predicted molar refractivity (Wildman–Crippen MR) is 137 cm³/mol. The Bertz CT molecular complexity index is 1200. The second kappa shape index (κ2) is 10.7. The van der Waals surface area contributed by atoms with Crippen LogP contribution in [0.25, 0.3) is 0 Å². The minimum absolute atomic E-state index is 0.0336. The number of hydrogen-bond donors (Lipinski definition) is 3. The highest BCUT2D eigenvalue weighted by Gasteiger charge is 2.39. The molecule has 1 aromatic carbocycles. The van der Waals surface area contributed by atoms with E-state index in [1.54, 1.807) is 25.5 Å². The molecule has 1 amide bonds. The Balaban J connectivity index is 1.45. The van der Waals surface area contributed by atoms with Gasteiger partial charge in [0.25, 0.3) is 0 Å². The van der Waals surface area contributed by atoms with Gasteiger partial charge in [-0.2, -0.15) is 0 Å². The molecular weight excluding hydrogens is 496 g/mol. The number of piperidine rings is 1. The summed E-state index contributed by atoms with van der Waals surface area (Å²) in [5.41, 5.74) is 2.01. The molecule has 0 saturated carbocycles. The van der Waals surface area contributed by atoms with Crippen LogP contribution in [0.1, 0.15) is 36.9 Å². The van der Waals surface area contributed by atoms with Crippen LogP contribution >= 0.6 is 0 Å². The van der Waals surface area contributed by atoms with Crippen LogP contribution in [0.4, 0.5) is 0 Å². The van der Waals surface area contributed by atoms with Crippen LogP contribution in [-0.2, 0) is 21.4 Å². The van der Waals surface area contributed by atoms with Crippen molar-refractivity contribution in [2.45, 2.75) is 55.4 Å². The van der Waals surface area contributed by atoms with Crippen molar-refractivity contribution >= 4 is 15.9 Å². The predicted octanol–water partition coefficient (Wildman–Crippen LogP) is 0.352. The molecule has 3 aliphatic rings. The lowest BCUT2D eigenvalue weighted by Crippen LogP contribution is -2.47. The Morgan fingerprint density at radius 1 is 1.22 bits per heavy atom. The molecule has 1 aromatic heterocycles. The summed E-state index contributed by atoms with van der Waals surface area (Å²) < 4.78 is 35.6. The van der Waals surface area contributed by atoms with Gasteiger partial charge in [0.15, 0.2) is 0 Å². The van der Waals surface area contributed by atoms with Gasteiger partial charge < -0.3 is 19.7 Å². The first-order valence-electron chi connectivity index (χ1n) is 12.8. The van der Waals surface area contributed by atoms with Crippen LogP contribution in [0, 0.1) is 0 Å². The van der Waals surface area contributed by atoms with Gasteiger partial charge in [-0.25, -0.2) is 18.1 Å². The maximum atomic E-state index is 13.2. The molecule has 0 aliphatic carbocycles. The molecule has 3 atom stereocenters. The first kappa shape index (κ1) is 26.1. The van der Waals surface area contributed by atoms with E-state index in [1.165, 1.54) is 0 Å². The molecule has 0 spiro atoms. The van der Waals surface area contributed by atoms with Crippen LogP contribution < -0.4 is 9.46 Å². The molecule has 0 unspecified atom stereocenters. The second-order valence-electron chi connectivity index (χ2n) is 10.4. The van der Waals surface area contributed by atoms with E-state index in [0.717, 1.165) is 24.1 Å². The lowest BCUT2D eigenvalue weighted by atomic mass is 9.89. The number of likely N-dealkylation sites (tertiary alicyclic amines) is 2. The van der Waals surface area contributed by atoms with Crippen LogP contribution in [-0.4, -0.2) is 109 Å². The van der Waals surface area contributed by atoms with Crippen molar-refractivity contribution in [3.8, 4) is 5.75 Å². The number of H-pyrrole nitrogens is 1. The van der Waals surface area contributed by atoms with E-state index in [2.05, 4.69) is 24.5 Å². The number of aromatic amines is 1. The van der Waals surface area contributed by atoms with E-state index < -0.39 is 16.1 Å². The fourth-order valence-electron chi connectivity index (χ4n) is 5.71. The number of imidazole rings is 1. The monoisotopic (exact) mass is 532 g/mol. The topological polar surface area (TPSA) is 131 Å². The van der Waals surface area contributed by atoms with Gasteiger partial charge in [-0.1, -0.05) is 6.07 Å². The summed E-state index contributed by atoms with van der Waals surface area (Å²) in [5.74, 6) is 0.639. The van der Waals surface area contributed by atoms with Crippen LogP contribution in [0.15, 0.2) is 35.6 Å². The number of β-amino-alcohol motifs (C(OH)–C–C–N with tert-alkyl or cyclic N) is 1. The lowest BCUT2D eigenvalue weighted by molar-refractivity contribution is -0.129. The van der Waals surface area contributed by atoms with Crippen LogP contribution in [0.3, 0.4) is 0 Å². The van der Waals surface area contributed by atoms with E-state index in [1.807, 2.05) is 24.1 Å². The van der Waals surface area contributed by atoms with Crippen molar-refractivity contribution in [2.75, 3.05) is 46.3 Å². The Kier molecular flexibility index (Phi) is 7.55. The zero-order chi connectivity index (χ0) is 26.2. The number of aliphatic hydroxyl groups is 1. The largest absolute Gasteiger partial charge is 0.486 e. The van der Waals surface area contributed by atoms with Crippen molar-refractivity contribution in [1.29, 1.82) is 0 Å². The van der Waals surface area contributed by atoms with Gasteiger partial charge in [-0.3, -0.25) is 14.6 Å². The van der Waals surface area contributed by atoms with Gasteiger partial charge in [0.2, 0.25) is 15.9 Å². The number of ether oxygens (including phenoxy) is 1. The smallest absolute Gasteiger partial charge is 0.244 e. The number of carbonyl (C=O) groups excluding carboxylic acids is 1. The van der Waals surface area contributed by atoms with Crippen LogP contribution in [0.5, 0.6) is 5.75 Å². The quantitative estimate of drug-likeness (QED) is 0.516. The summed E-state index contributed by atoms with van der Waals surface area (Å²) in [4.78, 5) is 25.2. The zero-order valence-electron chi connectivity index (χ0n) is 21.3. The van der Waals surface area contributed by atoms with E-state index in [9.17, 15) is 18.3 Å².